The van der Waals surface area contributed by atoms with Gasteiger partial charge in [-0.2, -0.15) is 0 Å². The van der Waals surface area contributed by atoms with Gasteiger partial charge in [-0.15, -0.1) is 11.8 Å². The molecule has 0 saturated carbocycles. The first kappa shape index (κ1) is 18.6. The number of hydrogen-bond donors (Lipinski definition) is 1. The van der Waals surface area contributed by atoms with E-state index in [4.69, 9.17) is 27.9 Å². The van der Waals surface area contributed by atoms with Gasteiger partial charge < -0.3 is 4.74 Å². The van der Waals surface area contributed by atoms with Gasteiger partial charge in [-0.25, -0.2) is 0 Å². The van der Waals surface area contributed by atoms with Crippen molar-refractivity contribution in [2.45, 2.75) is 44.2 Å². The molecule has 0 fully saturated rings. The monoisotopic (exact) mass is 349 g/mol. The molecular weight excluding hydrogens is 329 g/mol. The standard InChI is InChI=1S/C15H21Cl2NO2S/c1-5-20-14(19)15(4,18-10(2)3)9-21-11-6-7-12(16)13(17)8-11/h6-8,10,18H,5,9H2,1-4H3. The van der Waals surface area contributed by atoms with E-state index in [1.165, 1.54) is 11.8 Å². The number of esters is 1. The van der Waals surface area contributed by atoms with E-state index in [0.717, 1.165) is 4.90 Å². The van der Waals surface area contributed by atoms with Crippen molar-refractivity contribution in [1.29, 1.82) is 0 Å². The Morgan fingerprint density at radius 2 is 2.05 bits per heavy atom. The summed E-state index contributed by atoms with van der Waals surface area (Å²) in [7, 11) is 0. The average Bonchev–Trinajstić information content (AvgIpc) is 2.39. The lowest BCUT2D eigenvalue weighted by molar-refractivity contribution is -0.149. The predicted octanol–water partition coefficient (Wildman–Crippen LogP) is 4.41. The molecule has 0 heterocycles. The average molecular weight is 350 g/mol. The van der Waals surface area contributed by atoms with Crippen LogP contribution in [0, 0.1) is 0 Å². The highest BCUT2D eigenvalue weighted by Gasteiger charge is 2.35. The van der Waals surface area contributed by atoms with Crippen LogP contribution in [0.4, 0.5) is 0 Å². The molecule has 6 heteroatoms. The maximum Gasteiger partial charge on any atom is 0.326 e. The fraction of sp³-hybridized carbons (Fsp3) is 0.533. The van der Waals surface area contributed by atoms with E-state index >= 15 is 0 Å². The summed E-state index contributed by atoms with van der Waals surface area (Å²) in [5.41, 5.74) is -0.749. The molecule has 0 aliphatic carbocycles. The van der Waals surface area contributed by atoms with E-state index in [1.807, 2.05) is 26.8 Å². The van der Waals surface area contributed by atoms with Crippen molar-refractivity contribution in [3.63, 3.8) is 0 Å². The molecule has 0 amide bonds. The summed E-state index contributed by atoms with van der Waals surface area (Å²) in [6, 6.07) is 5.62. The Kier molecular flexibility index (Phi) is 7.34. The maximum absolute atomic E-state index is 12.2. The van der Waals surface area contributed by atoms with Crippen molar-refractivity contribution in [1.82, 2.24) is 5.32 Å². The highest BCUT2D eigenvalue weighted by molar-refractivity contribution is 7.99. The molecule has 1 aromatic carbocycles. The fourth-order valence-electron chi connectivity index (χ4n) is 1.88. The molecule has 1 N–H and O–H groups in total. The number of carbonyl (C=O) groups excluding carboxylic acids is 1. The molecule has 1 unspecified atom stereocenters. The lowest BCUT2D eigenvalue weighted by atomic mass is 10.0. The first-order chi connectivity index (χ1) is 9.78. The van der Waals surface area contributed by atoms with Gasteiger partial charge in [-0.3, -0.25) is 10.1 Å². The molecule has 0 saturated heterocycles. The van der Waals surface area contributed by atoms with E-state index in [9.17, 15) is 4.79 Å². The second-order valence-corrected chi connectivity index (χ2v) is 7.08. The summed E-state index contributed by atoms with van der Waals surface area (Å²) in [5, 5.41) is 4.32. The number of hydrogen-bond acceptors (Lipinski definition) is 4. The van der Waals surface area contributed by atoms with Gasteiger partial charge in [0.2, 0.25) is 0 Å². The maximum atomic E-state index is 12.2. The molecule has 0 spiro atoms. The number of carbonyl (C=O) groups is 1. The Labute approximate surface area is 140 Å². The first-order valence-corrected chi connectivity index (χ1v) is 8.55. The fourth-order valence-corrected chi connectivity index (χ4v) is 3.27. The summed E-state index contributed by atoms with van der Waals surface area (Å²) < 4.78 is 5.18. The quantitative estimate of drug-likeness (QED) is 0.584. The molecule has 0 radical (unpaired) electrons. The summed E-state index contributed by atoms with van der Waals surface area (Å²) in [5.74, 6) is 0.299. The van der Waals surface area contributed by atoms with Crippen molar-refractivity contribution >= 4 is 40.9 Å². The highest BCUT2D eigenvalue weighted by atomic mass is 35.5. The third-order valence-corrected chi connectivity index (χ3v) is 4.80. The van der Waals surface area contributed by atoms with Crippen molar-refractivity contribution in [2.24, 2.45) is 0 Å². The van der Waals surface area contributed by atoms with Crippen LogP contribution < -0.4 is 5.32 Å². The molecule has 3 nitrogen and oxygen atoms in total. The van der Waals surface area contributed by atoms with Crippen molar-refractivity contribution in [3.8, 4) is 0 Å². The van der Waals surface area contributed by atoms with Gasteiger partial charge >= 0.3 is 5.97 Å². The van der Waals surface area contributed by atoms with E-state index in [0.29, 0.717) is 22.4 Å². The smallest absolute Gasteiger partial charge is 0.326 e. The van der Waals surface area contributed by atoms with E-state index in [2.05, 4.69) is 5.32 Å². The van der Waals surface area contributed by atoms with Crippen LogP contribution in [0.2, 0.25) is 10.0 Å². The van der Waals surface area contributed by atoms with Crippen molar-refractivity contribution in [3.05, 3.63) is 28.2 Å². The summed E-state index contributed by atoms with van der Waals surface area (Å²) >= 11 is 13.5. The van der Waals surface area contributed by atoms with Gasteiger partial charge in [0, 0.05) is 16.7 Å². The van der Waals surface area contributed by atoms with Gasteiger partial charge in [0.25, 0.3) is 0 Å². The van der Waals surface area contributed by atoms with Crippen LogP contribution in [-0.4, -0.2) is 29.9 Å². The lowest BCUT2D eigenvalue weighted by Gasteiger charge is -2.30. The zero-order valence-corrected chi connectivity index (χ0v) is 15.0. The normalized spacial score (nSPS) is 14.0. The van der Waals surface area contributed by atoms with Crippen molar-refractivity contribution in [2.75, 3.05) is 12.4 Å². The molecular formula is C15H21Cl2NO2S. The van der Waals surface area contributed by atoms with E-state index in [1.54, 1.807) is 19.1 Å². The summed E-state index contributed by atoms with van der Waals surface area (Å²) in [6.07, 6.45) is 0. The predicted molar refractivity (Wildman–Crippen MR) is 90.5 cm³/mol. The van der Waals surface area contributed by atoms with Crippen LogP contribution >= 0.6 is 35.0 Å². The van der Waals surface area contributed by atoms with E-state index in [-0.39, 0.29) is 12.0 Å². The number of ether oxygens (including phenoxy) is 1. The zero-order valence-electron chi connectivity index (χ0n) is 12.7. The van der Waals surface area contributed by atoms with Crippen LogP contribution in [0.25, 0.3) is 0 Å². The first-order valence-electron chi connectivity index (χ1n) is 6.81. The molecule has 0 bridgehead atoms. The van der Waals surface area contributed by atoms with Crippen LogP contribution in [0.15, 0.2) is 23.1 Å². The molecule has 0 aliphatic heterocycles. The van der Waals surface area contributed by atoms with Gasteiger partial charge in [0.05, 0.1) is 16.7 Å². The highest BCUT2D eigenvalue weighted by Crippen LogP contribution is 2.30. The second kappa shape index (κ2) is 8.28. The lowest BCUT2D eigenvalue weighted by Crippen LogP contribution is -2.55. The Morgan fingerprint density at radius 1 is 1.38 bits per heavy atom. The Bertz CT molecular complexity index is 497. The summed E-state index contributed by atoms with van der Waals surface area (Å²) in [4.78, 5) is 13.2. The Hall–Kier alpha value is -0.420. The third kappa shape index (κ3) is 5.70. The van der Waals surface area contributed by atoms with Gasteiger partial charge in [0.15, 0.2) is 0 Å². The van der Waals surface area contributed by atoms with Crippen LogP contribution in [0.5, 0.6) is 0 Å². The van der Waals surface area contributed by atoms with Gasteiger partial charge in [-0.05, 0) is 45.9 Å². The van der Waals surface area contributed by atoms with Crippen LogP contribution in [0.3, 0.4) is 0 Å². The topological polar surface area (TPSA) is 38.3 Å². The molecule has 1 rings (SSSR count). The minimum atomic E-state index is -0.749. The molecule has 1 aromatic rings. The molecule has 0 aromatic heterocycles. The molecule has 118 valence electrons. The van der Waals surface area contributed by atoms with Crippen LogP contribution in [0.1, 0.15) is 27.7 Å². The molecule has 0 aliphatic rings. The summed E-state index contributed by atoms with van der Waals surface area (Å²) in [6.45, 7) is 8.03. The second-order valence-electron chi connectivity index (χ2n) is 5.22. The number of thioether (sulfide) groups is 1. The number of benzene rings is 1. The van der Waals surface area contributed by atoms with Gasteiger partial charge in [0.1, 0.15) is 5.54 Å². The zero-order chi connectivity index (χ0) is 16.0. The molecule has 21 heavy (non-hydrogen) atoms. The van der Waals surface area contributed by atoms with Crippen molar-refractivity contribution < 1.29 is 9.53 Å². The van der Waals surface area contributed by atoms with Crippen LogP contribution in [-0.2, 0) is 9.53 Å². The minimum absolute atomic E-state index is 0.175. The SMILES string of the molecule is CCOC(=O)C(C)(CSc1ccc(Cl)c(Cl)c1)NC(C)C. The Morgan fingerprint density at radius 3 is 2.57 bits per heavy atom. The minimum Gasteiger partial charge on any atom is -0.465 e. The Balaban J connectivity index is 2.81. The molecule has 1 atom stereocenters. The van der Waals surface area contributed by atoms with Gasteiger partial charge in [-0.1, -0.05) is 23.2 Å². The number of halogens is 2. The largest absolute Gasteiger partial charge is 0.465 e. The third-order valence-electron chi connectivity index (χ3n) is 2.75. The number of rotatable bonds is 7. The van der Waals surface area contributed by atoms with E-state index < -0.39 is 5.54 Å². The number of nitrogens with one attached hydrogen (secondary N) is 1.